The topological polar surface area (TPSA) is 96.0 Å². The summed E-state index contributed by atoms with van der Waals surface area (Å²) in [5.41, 5.74) is 4.12. The highest BCUT2D eigenvalue weighted by molar-refractivity contribution is 6.01. The first-order valence-electron chi connectivity index (χ1n) is 12.1. The standard InChI is InChI=1S/C29H29N3O5/c1-3-34-28(33)14-13-26(23-15-17-30-18-16-23)32-36-19-22-9-11-25(12-10-22)35-20-27-21(2)37-29(31-27)24-7-5-4-6-8-24/h4-12,15-18H,3,13-14,19-20H2,1-2H3/b32-26+. The van der Waals surface area contributed by atoms with Crippen LogP contribution in [0, 0.1) is 6.92 Å². The van der Waals surface area contributed by atoms with Crippen molar-refractivity contribution in [3.8, 4) is 17.2 Å². The molecule has 4 rings (SSSR count). The van der Waals surface area contributed by atoms with E-state index in [9.17, 15) is 4.79 Å². The molecule has 0 aliphatic rings. The summed E-state index contributed by atoms with van der Waals surface area (Å²) in [5, 5.41) is 4.29. The Bertz CT molecular complexity index is 1300. The molecule has 2 aromatic carbocycles. The van der Waals surface area contributed by atoms with E-state index in [1.807, 2.05) is 73.7 Å². The molecule has 37 heavy (non-hydrogen) atoms. The van der Waals surface area contributed by atoms with Crippen molar-refractivity contribution >= 4 is 11.7 Å². The van der Waals surface area contributed by atoms with Crippen LogP contribution in [-0.4, -0.2) is 28.3 Å². The summed E-state index contributed by atoms with van der Waals surface area (Å²) in [7, 11) is 0. The molecular weight excluding hydrogens is 470 g/mol. The van der Waals surface area contributed by atoms with Crippen LogP contribution in [-0.2, 0) is 27.6 Å². The average molecular weight is 500 g/mol. The van der Waals surface area contributed by atoms with Crippen molar-refractivity contribution in [1.29, 1.82) is 0 Å². The number of hydrogen-bond donors (Lipinski definition) is 0. The average Bonchev–Trinajstić information content (AvgIpc) is 3.31. The predicted octanol–water partition coefficient (Wildman–Crippen LogP) is 5.89. The number of esters is 1. The molecule has 2 aromatic heterocycles. The van der Waals surface area contributed by atoms with E-state index in [4.69, 9.17) is 18.7 Å². The molecule has 0 aliphatic heterocycles. The van der Waals surface area contributed by atoms with Crippen LogP contribution in [0.4, 0.5) is 0 Å². The van der Waals surface area contributed by atoms with Crippen LogP contribution in [0.1, 0.15) is 42.3 Å². The molecule has 0 saturated heterocycles. The summed E-state index contributed by atoms with van der Waals surface area (Å²) in [5.74, 6) is 1.76. The summed E-state index contributed by atoms with van der Waals surface area (Å²) in [6.07, 6.45) is 3.99. The molecule has 0 fully saturated rings. The van der Waals surface area contributed by atoms with Crippen molar-refractivity contribution in [2.75, 3.05) is 6.61 Å². The minimum Gasteiger partial charge on any atom is -0.487 e. The fraction of sp³-hybridized carbons (Fsp3) is 0.241. The van der Waals surface area contributed by atoms with E-state index < -0.39 is 0 Å². The van der Waals surface area contributed by atoms with Gasteiger partial charge in [-0.05, 0) is 55.8 Å². The summed E-state index contributed by atoms with van der Waals surface area (Å²) < 4.78 is 16.7. The first-order chi connectivity index (χ1) is 18.1. The van der Waals surface area contributed by atoms with E-state index in [1.54, 1.807) is 19.3 Å². The van der Waals surface area contributed by atoms with Gasteiger partial charge in [-0.2, -0.15) is 0 Å². The number of oxazole rings is 1. The monoisotopic (exact) mass is 499 g/mol. The molecule has 0 N–H and O–H groups in total. The molecule has 2 heterocycles. The minimum absolute atomic E-state index is 0.224. The molecule has 4 aromatic rings. The molecule has 8 nitrogen and oxygen atoms in total. The summed E-state index contributed by atoms with van der Waals surface area (Å²) in [4.78, 5) is 26.0. The Morgan fingerprint density at radius 1 is 0.946 bits per heavy atom. The van der Waals surface area contributed by atoms with Gasteiger partial charge in [0.1, 0.15) is 30.4 Å². The number of carbonyl (C=O) groups excluding carboxylic acids is 1. The zero-order chi connectivity index (χ0) is 25.9. The van der Waals surface area contributed by atoms with Gasteiger partial charge in [0.2, 0.25) is 5.89 Å². The molecular formula is C29H29N3O5. The maximum Gasteiger partial charge on any atom is 0.306 e. The number of rotatable bonds is 12. The van der Waals surface area contributed by atoms with Crippen LogP contribution in [0.15, 0.2) is 88.7 Å². The predicted molar refractivity (Wildman–Crippen MR) is 139 cm³/mol. The highest BCUT2D eigenvalue weighted by Gasteiger charge is 2.12. The van der Waals surface area contributed by atoms with E-state index in [0.717, 1.165) is 28.1 Å². The molecule has 0 bridgehead atoms. The molecule has 0 spiro atoms. The SMILES string of the molecule is CCOC(=O)CC/C(=N\OCc1ccc(OCc2nc(-c3ccccc3)oc2C)cc1)c1ccncc1. The van der Waals surface area contributed by atoms with Crippen molar-refractivity contribution in [3.63, 3.8) is 0 Å². The second-order valence-corrected chi connectivity index (χ2v) is 8.17. The van der Waals surface area contributed by atoms with Gasteiger partial charge < -0.3 is 18.7 Å². The van der Waals surface area contributed by atoms with Crippen LogP contribution in [0.5, 0.6) is 5.75 Å². The van der Waals surface area contributed by atoms with Gasteiger partial charge in [-0.25, -0.2) is 4.98 Å². The highest BCUT2D eigenvalue weighted by atomic mass is 16.6. The number of benzene rings is 2. The number of nitrogens with zero attached hydrogens (tertiary/aromatic N) is 3. The van der Waals surface area contributed by atoms with Gasteiger partial charge >= 0.3 is 5.97 Å². The molecule has 0 atom stereocenters. The minimum atomic E-state index is -0.267. The second-order valence-electron chi connectivity index (χ2n) is 8.17. The molecule has 0 unspecified atom stereocenters. The number of oxime groups is 1. The number of hydrogen-bond acceptors (Lipinski definition) is 8. The van der Waals surface area contributed by atoms with E-state index in [2.05, 4.69) is 15.1 Å². The molecule has 8 heteroatoms. The van der Waals surface area contributed by atoms with Crippen LogP contribution >= 0.6 is 0 Å². The van der Waals surface area contributed by atoms with Crippen molar-refractivity contribution in [1.82, 2.24) is 9.97 Å². The van der Waals surface area contributed by atoms with Gasteiger partial charge in [-0.1, -0.05) is 35.5 Å². The van der Waals surface area contributed by atoms with Gasteiger partial charge in [0, 0.05) is 29.9 Å². The Morgan fingerprint density at radius 2 is 1.70 bits per heavy atom. The Balaban J connectivity index is 1.32. The van der Waals surface area contributed by atoms with E-state index >= 15 is 0 Å². The molecule has 0 amide bonds. The summed E-state index contributed by atoms with van der Waals surface area (Å²) in [6, 6.07) is 21.0. The van der Waals surface area contributed by atoms with E-state index in [-0.39, 0.29) is 19.0 Å². The fourth-order valence-electron chi connectivity index (χ4n) is 3.53. The number of ether oxygens (including phenoxy) is 2. The van der Waals surface area contributed by atoms with Crippen molar-refractivity contribution < 1.29 is 23.5 Å². The van der Waals surface area contributed by atoms with Gasteiger partial charge in [0.05, 0.1) is 18.7 Å². The largest absolute Gasteiger partial charge is 0.487 e. The smallest absolute Gasteiger partial charge is 0.306 e. The van der Waals surface area contributed by atoms with E-state index in [0.29, 0.717) is 37.0 Å². The number of pyridine rings is 1. The van der Waals surface area contributed by atoms with E-state index in [1.165, 1.54) is 0 Å². The van der Waals surface area contributed by atoms with Gasteiger partial charge in [-0.15, -0.1) is 0 Å². The third kappa shape index (κ3) is 7.51. The van der Waals surface area contributed by atoms with Gasteiger partial charge in [-0.3, -0.25) is 9.78 Å². The van der Waals surface area contributed by atoms with Crippen LogP contribution in [0.2, 0.25) is 0 Å². The van der Waals surface area contributed by atoms with Crippen molar-refractivity contribution in [2.24, 2.45) is 5.16 Å². The maximum absolute atomic E-state index is 11.8. The van der Waals surface area contributed by atoms with Crippen molar-refractivity contribution in [3.05, 3.63) is 102 Å². The highest BCUT2D eigenvalue weighted by Crippen LogP contribution is 2.23. The lowest BCUT2D eigenvalue weighted by Crippen LogP contribution is -2.09. The Kier molecular flexibility index (Phi) is 9.02. The Hall–Kier alpha value is -4.46. The Labute approximate surface area is 215 Å². The number of aryl methyl sites for hydroxylation is 1. The number of aromatic nitrogens is 2. The van der Waals surface area contributed by atoms with Crippen LogP contribution < -0.4 is 4.74 Å². The zero-order valence-electron chi connectivity index (χ0n) is 20.9. The molecule has 190 valence electrons. The Morgan fingerprint density at radius 3 is 2.43 bits per heavy atom. The molecule has 0 radical (unpaired) electrons. The van der Waals surface area contributed by atoms with Gasteiger partial charge in [0.25, 0.3) is 0 Å². The molecule has 0 aliphatic carbocycles. The quantitative estimate of drug-likeness (QED) is 0.136. The lowest BCUT2D eigenvalue weighted by molar-refractivity contribution is -0.142. The number of carbonyl (C=O) groups is 1. The zero-order valence-corrected chi connectivity index (χ0v) is 20.9. The van der Waals surface area contributed by atoms with Gasteiger partial charge in [0.15, 0.2) is 0 Å². The first-order valence-corrected chi connectivity index (χ1v) is 12.1. The lowest BCUT2D eigenvalue weighted by Gasteiger charge is -2.08. The third-order valence-corrected chi connectivity index (χ3v) is 5.50. The summed E-state index contributed by atoms with van der Waals surface area (Å²) in [6.45, 7) is 4.59. The normalized spacial score (nSPS) is 11.2. The molecule has 0 saturated carbocycles. The summed E-state index contributed by atoms with van der Waals surface area (Å²) >= 11 is 0. The van der Waals surface area contributed by atoms with Crippen molar-refractivity contribution in [2.45, 2.75) is 39.9 Å². The van der Waals surface area contributed by atoms with Crippen LogP contribution in [0.25, 0.3) is 11.5 Å². The first kappa shape index (κ1) is 25.6. The fourth-order valence-corrected chi connectivity index (χ4v) is 3.53. The van der Waals surface area contributed by atoms with Crippen LogP contribution in [0.3, 0.4) is 0 Å². The third-order valence-electron chi connectivity index (χ3n) is 5.50. The lowest BCUT2D eigenvalue weighted by atomic mass is 10.1. The second kappa shape index (κ2) is 13.0. The maximum atomic E-state index is 11.8.